The number of aromatic amines is 1. The van der Waals surface area contributed by atoms with Gasteiger partial charge in [-0.3, -0.25) is 0 Å². The van der Waals surface area contributed by atoms with E-state index in [9.17, 15) is 0 Å². The molecule has 0 saturated carbocycles. The fraction of sp³-hybridized carbons (Fsp3) is 0. The molecule has 0 spiro atoms. The third kappa shape index (κ3) is 1.97. The van der Waals surface area contributed by atoms with E-state index in [4.69, 9.17) is 23.2 Å². The fourth-order valence-electron chi connectivity index (χ4n) is 1.19. The van der Waals surface area contributed by atoms with E-state index in [1.54, 1.807) is 0 Å². The van der Waals surface area contributed by atoms with Crippen LogP contribution in [0.4, 0.5) is 0 Å². The van der Waals surface area contributed by atoms with Crippen molar-refractivity contribution in [3.05, 3.63) is 45.0 Å². The van der Waals surface area contributed by atoms with Gasteiger partial charge in [0, 0.05) is 10.7 Å². The van der Waals surface area contributed by atoms with Crippen molar-refractivity contribution in [3.8, 4) is 11.3 Å². The van der Waals surface area contributed by atoms with E-state index in [0.717, 1.165) is 20.8 Å². The summed E-state index contributed by atoms with van der Waals surface area (Å²) in [6, 6.07) is 9.51. The van der Waals surface area contributed by atoms with Crippen molar-refractivity contribution >= 4 is 39.1 Å². The Morgan fingerprint density at radius 3 is 2.21 bits per heavy atom. The smallest absolute Gasteiger partial charge is 0.121 e. The summed E-state index contributed by atoms with van der Waals surface area (Å²) in [6.07, 6.45) is 0. The van der Waals surface area contributed by atoms with Gasteiger partial charge in [-0.05, 0) is 39.7 Å². The molecule has 0 saturated heterocycles. The van der Waals surface area contributed by atoms with Crippen molar-refractivity contribution in [2.45, 2.75) is 0 Å². The Morgan fingerprint density at radius 2 is 1.71 bits per heavy atom. The number of hydrogen-bond donors (Lipinski definition) is 1. The van der Waals surface area contributed by atoms with E-state index in [-0.39, 0.29) is 0 Å². The van der Waals surface area contributed by atoms with Gasteiger partial charge in [-0.15, -0.1) is 0 Å². The Bertz CT molecular complexity index is 428. The van der Waals surface area contributed by atoms with Crippen LogP contribution >= 0.6 is 39.1 Å². The van der Waals surface area contributed by atoms with Crippen LogP contribution in [0.3, 0.4) is 0 Å². The van der Waals surface area contributed by atoms with Crippen LogP contribution in [0.25, 0.3) is 11.3 Å². The summed E-state index contributed by atoms with van der Waals surface area (Å²) in [6.45, 7) is 0. The normalized spacial score (nSPS) is 10.5. The topological polar surface area (TPSA) is 15.8 Å². The number of aromatic nitrogens is 1. The number of hydrogen-bond acceptors (Lipinski definition) is 0. The monoisotopic (exact) mass is 289 g/mol. The minimum absolute atomic E-state index is 0.606. The standard InChI is InChI=1S/C10H6BrCl2N/c11-8-5-9(14-10(8)13)6-1-3-7(12)4-2-6/h1-5,14H. The van der Waals surface area contributed by atoms with Crippen molar-refractivity contribution in [2.75, 3.05) is 0 Å². The van der Waals surface area contributed by atoms with E-state index in [0.29, 0.717) is 5.15 Å². The Labute approximate surface area is 100 Å². The predicted octanol–water partition coefficient (Wildman–Crippen LogP) is 4.75. The van der Waals surface area contributed by atoms with Crippen molar-refractivity contribution in [1.82, 2.24) is 4.98 Å². The lowest BCUT2D eigenvalue weighted by Crippen LogP contribution is -1.75. The molecule has 1 aromatic heterocycles. The summed E-state index contributed by atoms with van der Waals surface area (Å²) in [7, 11) is 0. The van der Waals surface area contributed by atoms with Gasteiger partial charge in [0.1, 0.15) is 5.15 Å². The van der Waals surface area contributed by atoms with Crippen molar-refractivity contribution in [1.29, 1.82) is 0 Å². The molecule has 2 rings (SSSR count). The molecule has 1 N–H and O–H groups in total. The van der Waals surface area contributed by atoms with Crippen LogP contribution in [0.1, 0.15) is 0 Å². The second-order valence-electron chi connectivity index (χ2n) is 2.85. The summed E-state index contributed by atoms with van der Waals surface area (Å²) in [5.74, 6) is 0. The highest BCUT2D eigenvalue weighted by Crippen LogP contribution is 2.29. The molecule has 0 aliphatic carbocycles. The maximum Gasteiger partial charge on any atom is 0.121 e. The average molecular weight is 291 g/mol. The molecule has 0 atom stereocenters. The lowest BCUT2D eigenvalue weighted by Gasteiger charge is -1.96. The molecule has 0 aliphatic rings. The van der Waals surface area contributed by atoms with Crippen molar-refractivity contribution < 1.29 is 0 Å². The first-order valence-corrected chi connectivity index (χ1v) is 5.51. The summed E-state index contributed by atoms with van der Waals surface area (Å²) in [5, 5.41) is 1.33. The van der Waals surface area contributed by atoms with Gasteiger partial charge in [-0.25, -0.2) is 0 Å². The summed E-state index contributed by atoms with van der Waals surface area (Å²) >= 11 is 15.0. The van der Waals surface area contributed by atoms with Crippen LogP contribution in [0.15, 0.2) is 34.8 Å². The summed E-state index contributed by atoms with van der Waals surface area (Å²) in [4.78, 5) is 3.06. The number of halogens is 3. The van der Waals surface area contributed by atoms with Gasteiger partial charge >= 0.3 is 0 Å². The van der Waals surface area contributed by atoms with Gasteiger partial charge in [0.2, 0.25) is 0 Å². The molecule has 0 radical (unpaired) electrons. The quantitative estimate of drug-likeness (QED) is 0.780. The van der Waals surface area contributed by atoms with E-state index in [2.05, 4.69) is 20.9 Å². The maximum absolute atomic E-state index is 5.88. The largest absolute Gasteiger partial charge is 0.345 e. The molecule has 2 aromatic rings. The molecule has 0 fully saturated rings. The zero-order chi connectivity index (χ0) is 10.1. The minimum atomic E-state index is 0.606. The molecule has 4 heteroatoms. The van der Waals surface area contributed by atoms with E-state index in [1.165, 1.54) is 0 Å². The molecule has 1 heterocycles. The first kappa shape index (κ1) is 10.1. The van der Waals surface area contributed by atoms with Crippen molar-refractivity contribution in [3.63, 3.8) is 0 Å². The SMILES string of the molecule is Clc1ccc(-c2cc(Br)c(Cl)[nH]2)cc1. The van der Waals surface area contributed by atoms with Gasteiger partial charge in [0.15, 0.2) is 0 Å². The zero-order valence-electron chi connectivity index (χ0n) is 7.02. The molecular formula is C10H6BrCl2N. The highest BCUT2D eigenvalue weighted by molar-refractivity contribution is 9.10. The maximum atomic E-state index is 5.88. The third-order valence-corrected chi connectivity index (χ3v) is 3.28. The number of benzene rings is 1. The van der Waals surface area contributed by atoms with Crippen LogP contribution in [0, 0.1) is 0 Å². The number of nitrogens with one attached hydrogen (secondary N) is 1. The van der Waals surface area contributed by atoms with Crippen LogP contribution in [-0.2, 0) is 0 Å². The van der Waals surface area contributed by atoms with E-state index < -0.39 is 0 Å². The Balaban J connectivity index is 2.44. The van der Waals surface area contributed by atoms with Gasteiger partial charge in [-0.1, -0.05) is 35.3 Å². The predicted molar refractivity (Wildman–Crippen MR) is 63.9 cm³/mol. The Hall–Kier alpha value is -0.440. The van der Waals surface area contributed by atoms with Crippen LogP contribution in [0.2, 0.25) is 10.2 Å². The fourth-order valence-corrected chi connectivity index (χ4v) is 1.80. The van der Waals surface area contributed by atoms with Gasteiger partial charge in [0.05, 0.1) is 4.47 Å². The molecule has 0 bridgehead atoms. The highest BCUT2D eigenvalue weighted by atomic mass is 79.9. The van der Waals surface area contributed by atoms with Crippen LogP contribution in [-0.4, -0.2) is 4.98 Å². The molecular weight excluding hydrogens is 285 g/mol. The molecule has 72 valence electrons. The molecule has 0 unspecified atom stereocenters. The third-order valence-electron chi connectivity index (χ3n) is 1.88. The number of H-pyrrole nitrogens is 1. The second-order valence-corrected chi connectivity index (χ2v) is 4.52. The minimum Gasteiger partial charge on any atom is -0.345 e. The Morgan fingerprint density at radius 1 is 1.07 bits per heavy atom. The summed E-state index contributed by atoms with van der Waals surface area (Å²) in [5.41, 5.74) is 2.03. The number of rotatable bonds is 1. The molecule has 1 nitrogen and oxygen atoms in total. The highest BCUT2D eigenvalue weighted by Gasteiger charge is 2.04. The van der Waals surface area contributed by atoms with E-state index >= 15 is 0 Å². The molecule has 0 aliphatic heterocycles. The molecule has 1 aromatic carbocycles. The first-order chi connectivity index (χ1) is 6.66. The second kappa shape index (κ2) is 3.97. The van der Waals surface area contributed by atoms with Gasteiger partial charge in [0.25, 0.3) is 0 Å². The lowest BCUT2D eigenvalue weighted by molar-refractivity contribution is 1.40. The first-order valence-electron chi connectivity index (χ1n) is 3.97. The lowest BCUT2D eigenvalue weighted by atomic mass is 10.2. The molecule has 0 amide bonds. The van der Waals surface area contributed by atoms with Gasteiger partial charge < -0.3 is 4.98 Å². The molecule has 14 heavy (non-hydrogen) atoms. The van der Waals surface area contributed by atoms with E-state index in [1.807, 2.05) is 30.3 Å². The van der Waals surface area contributed by atoms with Crippen LogP contribution < -0.4 is 0 Å². The Kier molecular flexibility index (Phi) is 2.86. The zero-order valence-corrected chi connectivity index (χ0v) is 10.1. The van der Waals surface area contributed by atoms with Gasteiger partial charge in [-0.2, -0.15) is 0 Å². The summed E-state index contributed by atoms with van der Waals surface area (Å²) < 4.78 is 0.865. The average Bonchev–Trinajstić information content (AvgIpc) is 2.48. The van der Waals surface area contributed by atoms with Crippen LogP contribution in [0.5, 0.6) is 0 Å². The van der Waals surface area contributed by atoms with Crippen molar-refractivity contribution in [2.24, 2.45) is 0 Å².